The van der Waals surface area contributed by atoms with E-state index < -0.39 is 29.8 Å². The summed E-state index contributed by atoms with van der Waals surface area (Å²) in [5, 5.41) is 13.9. The van der Waals surface area contributed by atoms with Crippen LogP contribution in [0.3, 0.4) is 0 Å². The van der Waals surface area contributed by atoms with Gasteiger partial charge in [0.05, 0.1) is 6.61 Å². The van der Waals surface area contributed by atoms with Crippen LogP contribution in [-0.4, -0.2) is 43.6 Å². The monoisotopic (exact) mass is 327 g/mol. The van der Waals surface area contributed by atoms with Crippen LogP contribution in [0.1, 0.15) is 24.8 Å². The zero-order chi connectivity index (χ0) is 16.9. The second-order valence-corrected chi connectivity index (χ2v) is 5.87. The van der Waals surface area contributed by atoms with Crippen molar-refractivity contribution in [2.45, 2.75) is 37.2 Å². The molecule has 6 heteroatoms. The zero-order valence-corrected chi connectivity index (χ0v) is 13.2. The minimum atomic E-state index is -2.17. The van der Waals surface area contributed by atoms with Gasteiger partial charge in [-0.2, -0.15) is 0 Å². The Balaban J connectivity index is 2.23. The molecule has 0 bridgehead atoms. The molecule has 1 aliphatic rings. The molecule has 1 saturated carbocycles. The van der Waals surface area contributed by atoms with E-state index in [0.29, 0.717) is 13.0 Å². The number of alkyl halides is 2. The number of carbonyl (C=O) groups excluding carboxylic acids is 1. The molecule has 1 aromatic rings. The Labute approximate surface area is 134 Å². The van der Waals surface area contributed by atoms with Gasteiger partial charge < -0.3 is 15.2 Å². The molecule has 0 spiro atoms. The van der Waals surface area contributed by atoms with Crippen LogP contribution in [0.25, 0.3) is 0 Å². The van der Waals surface area contributed by atoms with Gasteiger partial charge in [0.15, 0.2) is 5.60 Å². The van der Waals surface area contributed by atoms with E-state index in [2.05, 4.69) is 5.32 Å². The molecule has 4 unspecified atom stereocenters. The van der Waals surface area contributed by atoms with E-state index in [1.807, 2.05) is 0 Å². The Morgan fingerprint density at radius 3 is 2.61 bits per heavy atom. The van der Waals surface area contributed by atoms with Gasteiger partial charge in [0.2, 0.25) is 0 Å². The second-order valence-electron chi connectivity index (χ2n) is 5.87. The first-order valence-corrected chi connectivity index (χ1v) is 7.89. The number of hydrogen-bond acceptors (Lipinski definition) is 4. The molecular formula is C17H23F2NO3. The van der Waals surface area contributed by atoms with Gasteiger partial charge in [0.1, 0.15) is 12.3 Å². The highest BCUT2D eigenvalue weighted by Gasteiger charge is 2.55. The molecule has 128 valence electrons. The fourth-order valence-corrected chi connectivity index (χ4v) is 3.05. The molecule has 23 heavy (non-hydrogen) atoms. The fraction of sp³-hybridized carbons (Fsp3) is 0.588. The highest BCUT2D eigenvalue weighted by Crippen LogP contribution is 2.44. The van der Waals surface area contributed by atoms with Gasteiger partial charge in [-0.3, -0.25) is 0 Å². The number of rotatable bonds is 7. The van der Waals surface area contributed by atoms with E-state index >= 15 is 0 Å². The summed E-state index contributed by atoms with van der Waals surface area (Å²) in [5.74, 6) is -2.06. The highest BCUT2D eigenvalue weighted by atomic mass is 19.2. The third kappa shape index (κ3) is 3.70. The number of ether oxygens (including phenoxy) is 1. The molecule has 1 fully saturated rings. The standard InChI is InChI=1S/C17H23F2NO3/c1-20-10-5-11-23-16(21)17(22,12-6-3-2-4-7-12)13-8-9-14(18)15(13)19/h2-4,6-7,13-15,20,22H,5,8-11H2,1H3. The fourth-order valence-electron chi connectivity index (χ4n) is 3.05. The van der Waals surface area contributed by atoms with Crippen LogP contribution in [0.5, 0.6) is 0 Å². The molecule has 2 rings (SSSR count). The van der Waals surface area contributed by atoms with Crippen LogP contribution < -0.4 is 5.32 Å². The minimum Gasteiger partial charge on any atom is -0.463 e. The van der Waals surface area contributed by atoms with Crippen molar-refractivity contribution in [3.05, 3.63) is 35.9 Å². The van der Waals surface area contributed by atoms with E-state index in [1.165, 1.54) is 12.1 Å². The lowest BCUT2D eigenvalue weighted by molar-refractivity contribution is -0.177. The topological polar surface area (TPSA) is 58.6 Å². The lowest BCUT2D eigenvalue weighted by atomic mass is 9.79. The number of hydrogen-bond donors (Lipinski definition) is 2. The van der Waals surface area contributed by atoms with E-state index in [1.54, 1.807) is 25.2 Å². The van der Waals surface area contributed by atoms with E-state index in [9.17, 15) is 18.7 Å². The van der Waals surface area contributed by atoms with Gasteiger partial charge in [-0.1, -0.05) is 30.3 Å². The first-order chi connectivity index (χ1) is 11.0. The quantitative estimate of drug-likeness (QED) is 0.595. The van der Waals surface area contributed by atoms with Crippen LogP contribution in [0.15, 0.2) is 30.3 Å². The summed E-state index contributed by atoms with van der Waals surface area (Å²) in [5.41, 5.74) is -1.93. The normalized spacial score (nSPS) is 26.7. The van der Waals surface area contributed by atoms with E-state index in [4.69, 9.17) is 4.74 Å². The number of benzene rings is 1. The van der Waals surface area contributed by atoms with Crippen molar-refractivity contribution in [1.82, 2.24) is 5.32 Å². The third-order valence-corrected chi connectivity index (χ3v) is 4.35. The lowest BCUT2D eigenvalue weighted by Gasteiger charge is -2.33. The first kappa shape index (κ1) is 17.8. The van der Waals surface area contributed by atoms with Crippen molar-refractivity contribution in [2.24, 2.45) is 5.92 Å². The van der Waals surface area contributed by atoms with Crippen molar-refractivity contribution in [2.75, 3.05) is 20.2 Å². The molecule has 0 saturated heterocycles. The molecule has 0 radical (unpaired) electrons. The SMILES string of the molecule is CNCCCOC(=O)C(O)(c1ccccc1)C1CCC(F)C1F. The molecule has 4 nitrogen and oxygen atoms in total. The summed E-state index contributed by atoms with van der Waals surface area (Å²) in [7, 11) is 1.77. The number of aliphatic hydroxyl groups is 1. The Kier molecular flexibility index (Phi) is 6.07. The van der Waals surface area contributed by atoms with Gasteiger partial charge in [0.25, 0.3) is 0 Å². The lowest BCUT2D eigenvalue weighted by Crippen LogP contribution is -2.47. The van der Waals surface area contributed by atoms with Crippen LogP contribution in [0.2, 0.25) is 0 Å². The molecule has 0 heterocycles. The minimum absolute atomic E-state index is 0.00594. The summed E-state index contributed by atoms with van der Waals surface area (Å²) < 4.78 is 32.9. The van der Waals surface area contributed by atoms with Crippen molar-refractivity contribution >= 4 is 5.97 Å². The number of nitrogens with one attached hydrogen (secondary N) is 1. The summed E-state index contributed by atoms with van der Waals surface area (Å²) in [6.07, 6.45) is -2.88. The third-order valence-electron chi connectivity index (χ3n) is 4.35. The maximum Gasteiger partial charge on any atom is 0.343 e. The molecule has 1 aliphatic carbocycles. The molecule has 1 aromatic carbocycles. The molecular weight excluding hydrogens is 304 g/mol. The van der Waals surface area contributed by atoms with Crippen LogP contribution in [0.4, 0.5) is 8.78 Å². The van der Waals surface area contributed by atoms with Gasteiger partial charge in [-0.25, -0.2) is 13.6 Å². The predicted molar refractivity (Wildman–Crippen MR) is 82.4 cm³/mol. The van der Waals surface area contributed by atoms with E-state index in [-0.39, 0.29) is 25.0 Å². The van der Waals surface area contributed by atoms with Crippen molar-refractivity contribution in [3.63, 3.8) is 0 Å². The summed E-state index contributed by atoms with van der Waals surface area (Å²) in [4.78, 5) is 12.5. The van der Waals surface area contributed by atoms with Gasteiger partial charge >= 0.3 is 5.97 Å². The Hall–Kier alpha value is -1.53. The summed E-state index contributed by atoms with van der Waals surface area (Å²) >= 11 is 0. The van der Waals surface area contributed by atoms with Crippen LogP contribution >= 0.6 is 0 Å². The van der Waals surface area contributed by atoms with E-state index in [0.717, 1.165) is 0 Å². The summed E-state index contributed by atoms with van der Waals surface area (Å²) in [6.45, 7) is 0.760. The number of carbonyl (C=O) groups is 1. The average Bonchev–Trinajstić information content (AvgIpc) is 2.91. The first-order valence-electron chi connectivity index (χ1n) is 7.89. The molecule has 4 atom stereocenters. The predicted octanol–water partition coefficient (Wildman–Crippen LogP) is 2.11. The van der Waals surface area contributed by atoms with Gasteiger partial charge in [-0.05, 0) is 38.4 Å². The molecule has 0 aromatic heterocycles. The van der Waals surface area contributed by atoms with Gasteiger partial charge in [-0.15, -0.1) is 0 Å². The second kappa shape index (κ2) is 7.84. The van der Waals surface area contributed by atoms with Gasteiger partial charge in [0, 0.05) is 5.92 Å². The van der Waals surface area contributed by atoms with Crippen molar-refractivity contribution in [3.8, 4) is 0 Å². The number of esters is 1. The number of halogens is 2. The Bertz CT molecular complexity index is 514. The molecule has 2 N–H and O–H groups in total. The maximum atomic E-state index is 14.2. The largest absolute Gasteiger partial charge is 0.463 e. The smallest absolute Gasteiger partial charge is 0.343 e. The summed E-state index contributed by atoms with van der Waals surface area (Å²) in [6, 6.07) is 8.08. The highest BCUT2D eigenvalue weighted by molar-refractivity contribution is 5.81. The van der Waals surface area contributed by atoms with Crippen molar-refractivity contribution in [1.29, 1.82) is 0 Å². The molecule has 0 aliphatic heterocycles. The Morgan fingerprint density at radius 1 is 1.35 bits per heavy atom. The van der Waals surface area contributed by atoms with Crippen LogP contribution in [-0.2, 0) is 15.1 Å². The average molecular weight is 327 g/mol. The maximum absolute atomic E-state index is 14.2. The molecule has 0 amide bonds. The van der Waals surface area contributed by atoms with Crippen LogP contribution in [0, 0.1) is 5.92 Å². The Morgan fingerprint density at radius 2 is 2.04 bits per heavy atom. The van der Waals surface area contributed by atoms with Crippen molar-refractivity contribution < 1.29 is 23.4 Å². The zero-order valence-electron chi connectivity index (χ0n) is 13.2.